The molecule has 228 valence electrons. The number of nitrogens with zero attached hydrogens (tertiary/aromatic N) is 1. The summed E-state index contributed by atoms with van der Waals surface area (Å²) in [6, 6.07) is 64.1. The first-order valence-corrected chi connectivity index (χ1v) is 16.9. The Kier molecular flexibility index (Phi) is 5.34. The summed E-state index contributed by atoms with van der Waals surface area (Å²) < 4.78 is 6.70. The second-order valence-corrected chi connectivity index (χ2v) is 13.2. The largest absolute Gasteiger partial charge is 0.455 e. The maximum absolute atomic E-state index is 6.70. The van der Waals surface area contributed by atoms with Crippen LogP contribution in [-0.2, 0) is 5.41 Å². The van der Waals surface area contributed by atoms with E-state index in [1.54, 1.807) is 0 Å². The van der Waals surface area contributed by atoms with E-state index in [4.69, 9.17) is 4.42 Å². The van der Waals surface area contributed by atoms with Gasteiger partial charge in [0, 0.05) is 22.0 Å². The lowest BCUT2D eigenvalue weighted by atomic mass is 9.70. The van der Waals surface area contributed by atoms with Crippen molar-refractivity contribution in [1.29, 1.82) is 0 Å². The molecular weight excluding hydrogens is 595 g/mol. The number of fused-ring (bicyclic) bond motifs is 15. The lowest BCUT2D eigenvalue weighted by Crippen LogP contribution is -2.26. The molecule has 0 aliphatic heterocycles. The summed E-state index contributed by atoms with van der Waals surface area (Å²) in [6.45, 7) is 0. The van der Waals surface area contributed by atoms with Gasteiger partial charge in [-0.1, -0.05) is 140 Å². The van der Waals surface area contributed by atoms with Crippen molar-refractivity contribution in [2.75, 3.05) is 4.90 Å². The Labute approximate surface area is 284 Å². The fourth-order valence-corrected chi connectivity index (χ4v) is 9.02. The smallest absolute Gasteiger partial charge is 0.143 e. The van der Waals surface area contributed by atoms with Crippen LogP contribution in [0.3, 0.4) is 0 Å². The lowest BCUT2D eigenvalue weighted by Gasteiger charge is -2.32. The highest BCUT2D eigenvalue weighted by atomic mass is 16.3. The Hall–Kier alpha value is -6.38. The minimum atomic E-state index is -0.412. The molecule has 0 amide bonds. The summed E-state index contributed by atoms with van der Waals surface area (Å²) in [5.41, 5.74) is 15.3. The van der Waals surface area contributed by atoms with Gasteiger partial charge in [0.15, 0.2) is 0 Å². The van der Waals surface area contributed by atoms with Crippen LogP contribution in [0.5, 0.6) is 0 Å². The van der Waals surface area contributed by atoms with Crippen molar-refractivity contribution in [1.82, 2.24) is 0 Å². The summed E-state index contributed by atoms with van der Waals surface area (Å²) >= 11 is 0. The van der Waals surface area contributed by atoms with Gasteiger partial charge in [-0.15, -0.1) is 0 Å². The molecule has 8 aromatic carbocycles. The molecular formula is C47H29NO. The third-order valence-corrected chi connectivity index (χ3v) is 10.9. The zero-order valence-electron chi connectivity index (χ0n) is 26.6. The van der Waals surface area contributed by atoms with Crippen LogP contribution < -0.4 is 4.90 Å². The second-order valence-electron chi connectivity index (χ2n) is 13.2. The molecule has 1 aromatic heterocycles. The minimum absolute atomic E-state index is 0.412. The number of benzene rings is 8. The quantitative estimate of drug-likeness (QED) is 0.195. The average Bonchev–Trinajstić information content (AvgIpc) is 3.81. The molecule has 9 aromatic rings. The highest BCUT2D eigenvalue weighted by Gasteiger charge is 2.52. The fraction of sp³-hybridized carbons (Fsp3) is 0.0213. The first kappa shape index (κ1) is 26.7. The van der Waals surface area contributed by atoms with E-state index in [0.717, 1.165) is 44.4 Å². The standard InChI is InChI=1S/C47H29NO/c1-2-15-31(16-3-1)48(42-26-13-27-43-45(42)36-29-28-30-14-4-5-17-32(30)46(36)49-43)41-25-12-24-40-44(41)35-20-8-11-23-39(35)47(40)37-21-9-6-18-33(37)34-19-7-10-22-38(34)47/h1-29H. The lowest BCUT2D eigenvalue weighted by molar-refractivity contribution is 0.672. The number of furan rings is 1. The molecule has 11 rings (SSSR count). The minimum Gasteiger partial charge on any atom is -0.455 e. The normalized spacial score (nSPS) is 13.5. The van der Waals surface area contributed by atoms with Crippen molar-refractivity contribution in [3.8, 4) is 22.3 Å². The highest BCUT2D eigenvalue weighted by molar-refractivity contribution is 6.20. The van der Waals surface area contributed by atoms with Crippen LogP contribution in [0.1, 0.15) is 22.3 Å². The number of rotatable bonds is 3. The SMILES string of the molecule is c1ccc(N(c2cccc3c2-c2ccccc2C32c3ccccc3-c3ccccc32)c2cccc3oc4c5ccccc5ccc4c23)cc1. The predicted octanol–water partition coefficient (Wildman–Crippen LogP) is 12.6. The van der Waals surface area contributed by atoms with Gasteiger partial charge in [0.2, 0.25) is 0 Å². The van der Waals surface area contributed by atoms with E-state index in [0.29, 0.717) is 0 Å². The Morgan fingerprint density at radius 1 is 0.408 bits per heavy atom. The molecule has 0 bridgehead atoms. The van der Waals surface area contributed by atoms with E-state index < -0.39 is 5.41 Å². The molecule has 0 radical (unpaired) electrons. The Bertz CT molecular complexity index is 2740. The van der Waals surface area contributed by atoms with Gasteiger partial charge >= 0.3 is 0 Å². The Morgan fingerprint density at radius 2 is 1.00 bits per heavy atom. The first-order chi connectivity index (χ1) is 24.3. The molecule has 2 aliphatic rings. The molecule has 2 heteroatoms. The van der Waals surface area contributed by atoms with Crippen LogP contribution >= 0.6 is 0 Å². The monoisotopic (exact) mass is 623 g/mol. The molecule has 1 spiro atoms. The molecule has 0 N–H and O–H groups in total. The van der Waals surface area contributed by atoms with Gasteiger partial charge in [-0.25, -0.2) is 0 Å². The third kappa shape index (κ3) is 3.40. The van der Waals surface area contributed by atoms with Crippen LogP contribution in [0, 0.1) is 0 Å². The molecule has 2 aliphatic carbocycles. The van der Waals surface area contributed by atoms with Crippen LogP contribution in [0.2, 0.25) is 0 Å². The molecule has 2 nitrogen and oxygen atoms in total. The van der Waals surface area contributed by atoms with Gasteiger partial charge in [-0.3, -0.25) is 0 Å². The zero-order valence-corrected chi connectivity index (χ0v) is 26.6. The van der Waals surface area contributed by atoms with Crippen LogP contribution in [0.15, 0.2) is 180 Å². The second kappa shape index (κ2) is 9.82. The van der Waals surface area contributed by atoms with E-state index in [9.17, 15) is 0 Å². The van der Waals surface area contributed by atoms with Crippen LogP contribution in [0.4, 0.5) is 17.1 Å². The molecule has 0 fully saturated rings. The van der Waals surface area contributed by atoms with Crippen LogP contribution in [0.25, 0.3) is 55.0 Å². The molecule has 0 saturated heterocycles. The number of hydrogen-bond acceptors (Lipinski definition) is 2. The summed E-state index contributed by atoms with van der Waals surface area (Å²) in [6.07, 6.45) is 0. The zero-order chi connectivity index (χ0) is 32.1. The van der Waals surface area contributed by atoms with E-state index in [1.165, 1.54) is 49.9 Å². The van der Waals surface area contributed by atoms with Crippen molar-refractivity contribution in [3.05, 3.63) is 198 Å². The number of para-hydroxylation sites is 1. The van der Waals surface area contributed by atoms with Crippen molar-refractivity contribution < 1.29 is 4.42 Å². The number of anilines is 3. The molecule has 49 heavy (non-hydrogen) atoms. The van der Waals surface area contributed by atoms with Crippen molar-refractivity contribution >= 4 is 49.8 Å². The van der Waals surface area contributed by atoms with Crippen molar-refractivity contribution in [3.63, 3.8) is 0 Å². The van der Waals surface area contributed by atoms with Gasteiger partial charge in [0.05, 0.1) is 22.2 Å². The predicted molar refractivity (Wildman–Crippen MR) is 202 cm³/mol. The van der Waals surface area contributed by atoms with Gasteiger partial charge in [0.1, 0.15) is 11.2 Å². The first-order valence-electron chi connectivity index (χ1n) is 16.9. The Morgan fingerprint density at radius 3 is 1.78 bits per heavy atom. The van der Waals surface area contributed by atoms with E-state index in [2.05, 4.69) is 181 Å². The van der Waals surface area contributed by atoms with Gasteiger partial charge in [-0.2, -0.15) is 0 Å². The van der Waals surface area contributed by atoms with Gasteiger partial charge in [-0.05, 0) is 80.7 Å². The summed E-state index contributed by atoms with van der Waals surface area (Å²) in [5, 5.41) is 4.54. The van der Waals surface area contributed by atoms with Gasteiger partial charge in [0.25, 0.3) is 0 Å². The van der Waals surface area contributed by atoms with Crippen LogP contribution in [-0.4, -0.2) is 0 Å². The molecule has 0 atom stereocenters. The Balaban J connectivity index is 1.26. The summed E-state index contributed by atoms with van der Waals surface area (Å²) in [4.78, 5) is 2.45. The topological polar surface area (TPSA) is 16.4 Å². The molecule has 0 saturated carbocycles. The van der Waals surface area contributed by atoms with Gasteiger partial charge < -0.3 is 9.32 Å². The third-order valence-electron chi connectivity index (χ3n) is 10.9. The summed E-state index contributed by atoms with van der Waals surface area (Å²) in [5.74, 6) is 0. The average molecular weight is 624 g/mol. The maximum atomic E-state index is 6.70. The summed E-state index contributed by atoms with van der Waals surface area (Å²) in [7, 11) is 0. The molecule has 1 heterocycles. The van der Waals surface area contributed by atoms with E-state index >= 15 is 0 Å². The van der Waals surface area contributed by atoms with Crippen molar-refractivity contribution in [2.45, 2.75) is 5.41 Å². The van der Waals surface area contributed by atoms with E-state index in [-0.39, 0.29) is 0 Å². The molecule has 0 unspecified atom stereocenters. The maximum Gasteiger partial charge on any atom is 0.143 e. The van der Waals surface area contributed by atoms with Crippen molar-refractivity contribution in [2.24, 2.45) is 0 Å². The van der Waals surface area contributed by atoms with E-state index in [1.807, 2.05) is 0 Å². The highest BCUT2D eigenvalue weighted by Crippen LogP contribution is 2.64. The number of hydrogen-bond donors (Lipinski definition) is 0. The fourth-order valence-electron chi connectivity index (χ4n) is 9.02.